The fourth-order valence-electron chi connectivity index (χ4n) is 1.87. The van der Waals surface area contributed by atoms with E-state index in [4.69, 9.17) is 4.74 Å². The number of nitro groups is 1. The fourth-order valence-corrected chi connectivity index (χ4v) is 1.87. The number of nitro benzene ring substituents is 1. The normalized spacial score (nSPS) is 10.1. The van der Waals surface area contributed by atoms with Crippen molar-refractivity contribution in [3.8, 4) is 16.9 Å². The van der Waals surface area contributed by atoms with Crippen molar-refractivity contribution in [1.82, 2.24) is 0 Å². The van der Waals surface area contributed by atoms with Crippen LogP contribution >= 0.6 is 0 Å². The van der Waals surface area contributed by atoms with Crippen molar-refractivity contribution in [3.05, 3.63) is 58.1 Å². The first-order valence-corrected chi connectivity index (χ1v) is 5.69. The number of hydrogen-bond acceptors (Lipinski definition) is 4. The zero-order valence-corrected chi connectivity index (χ0v) is 10.6. The van der Waals surface area contributed by atoms with E-state index in [-0.39, 0.29) is 11.3 Å². The average Bonchev–Trinajstić information content (AvgIpc) is 2.46. The van der Waals surface area contributed by atoms with Crippen LogP contribution < -0.4 is 4.74 Å². The topological polar surface area (TPSA) is 89.7 Å². The van der Waals surface area contributed by atoms with Crippen molar-refractivity contribution in [2.24, 2.45) is 0 Å². The number of benzene rings is 2. The molecule has 2 aromatic carbocycles. The van der Waals surface area contributed by atoms with Crippen LogP contribution in [0.1, 0.15) is 10.4 Å². The number of methoxy groups -OCH3 is 1. The number of carboxylic acid groups (broad SMARTS) is 1. The van der Waals surface area contributed by atoms with Crippen LogP contribution in [-0.2, 0) is 0 Å². The van der Waals surface area contributed by atoms with Gasteiger partial charge in [0.1, 0.15) is 5.75 Å². The van der Waals surface area contributed by atoms with Crippen LogP contribution in [0, 0.1) is 10.1 Å². The summed E-state index contributed by atoms with van der Waals surface area (Å²) < 4.78 is 4.99. The van der Waals surface area contributed by atoms with Crippen LogP contribution in [0.25, 0.3) is 11.1 Å². The molecule has 6 heteroatoms. The largest absolute Gasteiger partial charge is 0.497 e. The highest BCUT2D eigenvalue weighted by Crippen LogP contribution is 2.29. The average molecular weight is 273 g/mol. The maximum atomic E-state index is 11.3. The van der Waals surface area contributed by atoms with Gasteiger partial charge >= 0.3 is 5.97 Å². The second kappa shape index (κ2) is 5.40. The van der Waals surface area contributed by atoms with Gasteiger partial charge in [0.25, 0.3) is 5.69 Å². The third-order valence-corrected chi connectivity index (χ3v) is 2.83. The van der Waals surface area contributed by atoms with E-state index in [1.807, 2.05) is 0 Å². The number of non-ortho nitro benzene ring substituents is 1. The summed E-state index contributed by atoms with van der Waals surface area (Å²) in [5.74, 6) is -0.706. The summed E-state index contributed by atoms with van der Waals surface area (Å²) in [6.45, 7) is 0. The van der Waals surface area contributed by atoms with Crippen LogP contribution in [0.5, 0.6) is 5.75 Å². The van der Waals surface area contributed by atoms with E-state index in [9.17, 15) is 20.0 Å². The monoisotopic (exact) mass is 273 g/mol. The van der Waals surface area contributed by atoms with Crippen molar-refractivity contribution in [2.45, 2.75) is 0 Å². The maximum Gasteiger partial charge on any atom is 0.336 e. The summed E-state index contributed by atoms with van der Waals surface area (Å²) in [5.41, 5.74) is 0.820. The Morgan fingerprint density at radius 1 is 1.25 bits per heavy atom. The van der Waals surface area contributed by atoms with Crippen molar-refractivity contribution in [1.29, 1.82) is 0 Å². The van der Waals surface area contributed by atoms with E-state index in [1.165, 1.54) is 31.4 Å². The third-order valence-electron chi connectivity index (χ3n) is 2.83. The maximum absolute atomic E-state index is 11.3. The number of carbonyl (C=O) groups is 1. The zero-order chi connectivity index (χ0) is 14.7. The smallest absolute Gasteiger partial charge is 0.336 e. The first-order valence-electron chi connectivity index (χ1n) is 5.69. The molecular weight excluding hydrogens is 262 g/mol. The summed E-state index contributed by atoms with van der Waals surface area (Å²) in [6, 6.07) is 10.4. The minimum atomic E-state index is -1.12. The zero-order valence-electron chi connectivity index (χ0n) is 10.6. The first kappa shape index (κ1) is 13.5. The number of carboxylic acids is 1. The SMILES string of the molecule is COc1ccc(-c2cccc([N+](=O)[O-])c2)c(C(=O)O)c1. The van der Waals surface area contributed by atoms with Gasteiger partial charge in [0.05, 0.1) is 17.6 Å². The first-order chi connectivity index (χ1) is 9.52. The molecule has 1 N–H and O–H groups in total. The van der Waals surface area contributed by atoms with Gasteiger partial charge in [-0.1, -0.05) is 12.1 Å². The lowest BCUT2D eigenvalue weighted by Crippen LogP contribution is -2.00. The van der Waals surface area contributed by atoms with Crippen LogP contribution in [-0.4, -0.2) is 23.1 Å². The molecule has 0 atom stereocenters. The molecule has 0 saturated heterocycles. The predicted octanol–water partition coefficient (Wildman–Crippen LogP) is 2.97. The number of ether oxygens (including phenoxy) is 1. The van der Waals surface area contributed by atoms with E-state index in [1.54, 1.807) is 18.2 Å². The quantitative estimate of drug-likeness (QED) is 0.683. The summed E-state index contributed by atoms with van der Waals surface area (Å²) in [7, 11) is 1.44. The molecule has 0 aliphatic carbocycles. The molecule has 0 aromatic heterocycles. The van der Waals surface area contributed by atoms with Crippen molar-refractivity contribution < 1.29 is 19.6 Å². The van der Waals surface area contributed by atoms with Gasteiger partial charge in [-0.25, -0.2) is 4.79 Å². The highest BCUT2D eigenvalue weighted by molar-refractivity contribution is 5.96. The number of hydrogen-bond donors (Lipinski definition) is 1. The Labute approximate surface area is 114 Å². The molecule has 0 aliphatic rings. The summed E-state index contributed by atoms with van der Waals surface area (Å²) in [6.07, 6.45) is 0. The molecule has 102 valence electrons. The van der Waals surface area contributed by atoms with Gasteiger partial charge in [0, 0.05) is 12.1 Å². The number of nitrogens with zero attached hydrogens (tertiary/aromatic N) is 1. The Hall–Kier alpha value is -2.89. The molecule has 2 rings (SSSR count). The molecule has 0 spiro atoms. The highest BCUT2D eigenvalue weighted by Gasteiger charge is 2.15. The van der Waals surface area contributed by atoms with E-state index < -0.39 is 10.9 Å². The molecule has 0 amide bonds. The molecule has 0 fully saturated rings. The molecule has 0 unspecified atom stereocenters. The second-order valence-electron chi connectivity index (χ2n) is 4.02. The van der Waals surface area contributed by atoms with Crippen molar-refractivity contribution in [3.63, 3.8) is 0 Å². The molecule has 0 bridgehead atoms. The van der Waals surface area contributed by atoms with Crippen molar-refractivity contribution in [2.75, 3.05) is 7.11 Å². The molecule has 0 saturated carbocycles. The summed E-state index contributed by atoms with van der Waals surface area (Å²) >= 11 is 0. The van der Waals surface area contributed by atoms with Gasteiger partial charge in [0.15, 0.2) is 0 Å². The van der Waals surface area contributed by atoms with Crippen LogP contribution in [0.3, 0.4) is 0 Å². The molecule has 0 aliphatic heterocycles. The van der Waals surface area contributed by atoms with Crippen LogP contribution in [0.4, 0.5) is 5.69 Å². The van der Waals surface area contributed by atoms with Crippen molar-refractivity contribution >= 4 is 11.7 Å². The molecule has 0 radical (unpaired) electrons. The minimum Gasteiger partial charge on any atom is -0.497 e. The molecule has 0 heterocycles. The Morgan fingerprint density at radius 3 is 2.60 bits per heavy atom. The summed E-state index contributed by atoms with van der Waals surface area (Å²) in [5, 5.41) is 20.0. The second-order valence-corrected chi connectivity index (χ2v) is 4.02. The van der Waals surface area contributed by atoms with Gasteiger partial charge in [-0.15, -0.1) is 0 Å². The highest BCUT2D eigenvalue weighted by atomic mass is 16.6. The van der Waals surface area contributed by atoms with Gasteiger partial charge in [0.2, 0.25) is 0 Å². The Balaban J connectivity index is 2.60. The predicted molar refractivity (Wildman–Crippen MR) is 72.0 cm³/mol. The minimum absolute atomic E-state index is 0.0323. The van der Waals surface area contributed by atoms with E-state index in [0.29, 0.717) is 16.9 Å². The van der Waals surface area contributed by atoms with Crippen LogP contribution in [0.2, 0.25) is 0 Å². The van der Waals surface area contributed by atoms with Gasteiger partial charge < -0.3 is 9.84 Å². The fraction of sp³-hybridized carbons (Fsp3) is 0.0714. The van der Waals surface area contributed by atoms with E-state index in [2.05, 4.69) is 0 Å². The van der Waals surface area contributed by atoms with E-state index >= 15 is 0 Å². The standard InChI is InChI=1S/C14H11NO5/c1-20-11-5-6-12(13(8-11)14(16)17)9-3-2-4-10(7-9)15(18)19/h2-8H,1H3,(H,16,17). The molecular formula is C14H11NO5. The van der Waals surface area contributed by atoms with Gasteiger partial charge in [-0.3, -0.25) is 10.1 Å². The lowest BCUT2D eigenvalue weighted by molar-refractivity contribution is -0.384. The Kier molecular flexibility index (Phi) is 3.65. The third kappa shape index (κ3) is 2.59. The molecule has 6 nitrogen and oxygen atoms in total. The number of aromatic carboxylic acids is 1. The Morgan fingerprint density at radius 2 is 2.00 bits per heavy atom. The number of rotatable bonds is 4. The Bertz CT molecular complexity index is 681. The lowest BCUT2D eigenvalue weighted by Gasteiger charge is -2.08. The van der Waals surface area contributed by atoms with Crippen LogP contribution in [0.15, 0.2) is 42.5 Å². The molecule has 20 heavy (non-hydrogen) atoms. The molecule has 2 aromatic rings. The summed E-state index contributed by atoms with van der Waals surface area (Å²) in [4.78, 5) is 21.5. The lowest BCUT2D eigenvalue weighted by atomic mass is 9.99. The van der Waals surface area contributed by atoms with E-state index in [0.717, 1.165) is 0 Å². The van der Waals surface area contributed by atoms with Gasteiger partial charge in [-0.05, 0) is 29.3 Å². The van der Waals surface area contributed by atoms with Gasteiger partial charge in [-0.2, -0.15) is 0 Å².